The first kappa shape index (κ1) is 18.6. The Hall–Kier alpha value is -2.71. The maximum atomic E-state index is 13.4. The van der Waals surface area contributed by atoms with Crippen LogP contribution in [0.15, 0.2) is 82.1 Å². The Morgan fingerprint density at radius 1 is 0.964 bits per heavy atom. The third kappa shape index (κ3) is 3.41. The molecule has 0 spiro atoms. The number of hydrogen-bond acceptors (Lipinski definition) is 3. The number of amides is 1. The molecule has 0 saturated carbocycles. The smallest absolute Gasteiger partial charge is 0.273 e. The molecule has 0 aliphatic carbocycles. The van der Waals surface area contributed by atoms with Gasteiger partial charge in [-0.05, 0) is 48.0 Å². The second-order valence-corrected chi connectivity index (χ2v) is 7.94. The highest BCUT2D eigenvalue weighted by atomic mass is 35.5. The molecule has 0 unspecified atom stereocenters. The van der Waals surface area contributed by atoms with Crippen molar-refractivity contribution in [1.82, 2.24) is 0 Å². The Morgan fingerprint density at radius 3 is 2.14 bits per heavy atom. The first-order valence-corrected chi connectivity index (χ1v) is 9.93. The van der Waals surface area contributed by atoms with Crippen LogP contribution in [0.1, 0.15) is 5.56 Å². The van der Waals surface area contributed by atoms with Crippen molar-refractivity contribution in [3.8, 4) is 6.07 Å². The lowest BCUT2D eigenvalue weighted by Gasteiger charge is -2.30. The highest BCUT2D eigenvalue weighted by Crippen LogP contribution is 2.48. The normalized spacial score (nSPS) is 12.8. The number of rotatable bonds is 2. The summed E-state index contributed by atoms with van der Waals surface area (Å²) in [5, 5.41) is 10.6. The van der Waals surface area contributed by atoms with Crippen molar-refractivity contribution < 1.29 is 4.79 Å². The number of fused-ring (bicyclic) bond motifs is 2. The molecule has 0 N–H and O–H groups in total. The van der Waals surface area contributed by atoms with E-state index in [2.05, 4.69) is 0 Å². The molecule has 3 aromatic carbocycles. The zero-order valence-electron chi connectivity index (χ0n) is 14.4. The van der Waals surface area contributed by atoms with Gasteiger partial charge < -0.3 is 0 Å². The number of carbonyl (C=O) groups excluding carboxylic acids is 1. The third-order valence-corrected chi connectivity index (χ3v) is 5.94. The van der Waals surface area contributed by atoms with Crippen molar-refractivity contribution in [2.75, 3.05) is 4.90 Å². The minimum absolute atomic E-state index is 0.0132. The molecule has 1 aliphatic rings. The fraction of sp³-hybridized carbons (Fsp3) is 0. The van der Waals surface area contributed by atoms with Gasteiger partial charge >= 0.3 is 0 Å². The summed E-state index contributed by atoms with van der Waals surface area (Å²) in [6.45, 7) is 0. The van der Waals surface area contributed by atoms with E-state index in [4.69, 9.17) is 23.2 Å². The minimum atomic E-state index is -0.409. The Labute approximate surface area is 176 Å². The number of halogens is 2. The van der Waals surface area contributed by atoms with E-state index in [-0.39, 0.29) is 5.57 Å². The number of anilines is 2. The second-order valence-electron chi connectivity index (χ2n) is 6.01. The van der Waals surface area contributed by atoms with E-state index >= 15 is 0 Å². The van der Waals surface area contributed by atoms with Crippen molar-refractivity contribution in [2.45, 2.75) is 9.79 Å². The molecule has 4 rings (SSSR count). The zero-order chi connectivity index (χ0) is 19.7. The van der Waals surface area contributed by atoms with Gasteiger partial charge in [0, 0.05) is 19.8 Å². The van der Waals surface area contributed by atoms with Crippen LogP contribution in [0, 0.1) is 11.3 Å². The zero-order valence-corrected chi connectivity index (χ0v) is 16.7. The van der Waals surface area contributed by atoms with E-state index in [1.165, 1.54) is 6.08 Å². The summed E-state index contributed by atoms with van der Waals surface area (Å²) < 4.78 is 0. The van der Waals surface area contributed by atoms with Gasteiger partial charge in [-0.15, -0.1) is 0 Å². The molecule has 3 nitrogen and oxygen atoms in total. The third-order valence-electron chi connectivity index (χ3n) is 4.25. The molecular formula is C22H12Cl2N2OS. The Bertz CT molecular complexity index is 1120. The van der Waals surface area contributed by atoms with Gasteiger partial charge in [-0.1, -0.05) is 65.3 Å². The van der Waals surface area contributed by atoms with Crippen molar-refractivity contribution >= 4 is 58.3 Å². The number of nitrogens with zero attached hydrogens (tertiary/aromatic N) is 2. The number of hydrogen-bond donors (Lipinski definition) is 0. The average molecular weight is 423 g/mol. The SMILES string of the molecule is N#C/C(=C\c1ccc(Cl)cc1Cl)C(=O)N1c2ccccc2Sc2ccccc21. The van der Waals surface area contributed by atoms with E-state index in [0.717, 1.165) is 21.2 Å². The van der Waals surface area contributed by atoms with Crippen molar-refractivity contribution in [3.05, 3.63) is 87.9 Å². The molecule has 0 radical (unpaired) electrons. The molecule has 0 aromatic heterocycles. The molecule has 3 aromatic rings. The Balaban J connectivity index is 1.83. The molecule has 136 valence electrons. The summed E-state index contributed by atoms with van der Waals surface area (Å²) >= 11 is 13.8. The summed E-state index contributed by atoms with van der Waals surface area (Å²) in [6.07, 6.45) is 1.49. The fourth-order valence-electron chi connectivity index (χ4n) is 2.96. The molecule has 0 fully saturated rings. The van der Waals surface area contributed by atoms with E-state index in [1.54, 1.807) is 34.9 Å². The number of para-hydroxylation sites is 2. The summed E-state index contributed by atoms with van der Waals surface area (Å²) in [6, 6.07) is 22.2. The van der Waals surface area contributed by atoms with Gasteiger partial charge in [0.1, 0.15) is 11.6 Å². The molecule has 1 amide bonds. The fourth-order valence-corrected chi connectivity index (χ4v) is 4.48. The number of benzene rings is 3. The van der Waals surface area contributed by atoms with Gasteiger partial charge in [0.05, 0.1) is 11.4 Å². The van der Waals surface area contributed by atoms with Crippen LogP contribution in [0.4, 0.5) is 11.4 Å². The highest BCUT2D eigenvalue weighted by molar-refractivity contribution is 7.99. The van der Waals surface area contributed by atoms with Gasteiger partial charge in [-0.2, -0.15) is 5.26 Å². The molecule has 0 saturated heterocycles. The summed E-state index contributed by atoms with van der Waals surface area (Å²) in [5.41, 5.74) is 2.05. The lowest BCUT2D eigenvalue weighted by Crippen LogP contribution is -2.29. The van der Waals surface area contributed by atoms with Crippen LogP contribution in [-0.2, 0) is 4.79 Å². The van der Waals surface area contributed by atoms with Crippen LogP contribution in [0.3, 0.4) is 0 Å². The second kappa shape index (κ2) is 7.73. The molecule has 1 heterocycles. The topological polar surface area (TPSA) is 44.1 Å². The van der Waals surface area contributed by atoms with Crippen LogP contribution in [-0.4, -0.2) is 5.91 Å². The van der Waals surface area contributed by atoms with Gasteiger partial charge in [0.25, 0.3) is 5.91 Å². The predicted molar refractivity (Wildman–Crippen MR) is 114 cm³/mol. The van der Waals surface area contributed by atoms with Crippen molar-refractivity contribution in [1.29, 1.82) is 5.26 Å². The summed E-state index contributed by atoms with van der Waals surface area (Å²) in [7, 11) is 0. The number of carbonyl (C=O) groups is 1. The molecule has 28 heavy (non-hydrogen) atoms. The van der Waals surface area contributed by atoms with Crippen LogP contribution in [0.25, 0.3) is 6.08 Å². The maximum absolute atomic E-state index is 13.4. The average Bonchev–Trinajstić information content (AvgIpc) is 2.71. The van der Waals surface area contributed by atoms with Crippen molar-refractivity contribution in [2.24, 2.45) is 0 Å². The summed E-state index contributed by atoms with van der Waals surface area (Å²) in [4.78, 5) is 16.9. The van der Waals surface area contributed by atoms with E-state index in [0.29, 0.717) is 15.6 Å². The van der Waals surface area contributed by atoms with Gasteiger partial charge in [0.2, 0.25) is 0 Å². The highest BCUT2D eigenvalue weighted by Gasteiger charge is 2.29. The van der Waals surface area contributed by atoms with Gasteiger partial charge in [-0.25, -0.2) is 0 Å². The maximum Gasteiger partial charge on any atom is 0.273 e. The predicted octanol–water partition coefficient (Wildman–Crippen LogP) is 6.73. The Kier molecular flexibility index (Phi) is 5.15. The van der Waals surface area contributed by atoms with Crippen LogP contribution >= 0.6 is 35.0 Å². The standard InChI is InChI=1S/C22H12Cl2N2OS/c23-16-10-9-14(17(24)12-16)11-15(13-25)22(27)26-18-5-1-3-7-20(18)28-21-8-4-2-6-19(21)26/h1-12H/b15-11+. The first-order valence-electron chi connectivity index (χ1n) is 8.35. The molecule has 0 atom stereocenters. The summed E-state index contributed by atoms with van der Waals surface area (Å²) in [5.74, 6) is -0.409. The monoisotopic (exact) mass is 422 g/mol. The molecule has 0 bridgehead atoms. The van der Waals surface area contributed by atoms with Crippen LogP contribution in [0.5, 0.6) is 0 Å². The first-order chi connectivity index (χ1) is 13.6. The lowest BCUT2D eigenvalue weighted by molar-refractivity contribution is -0.114. The quantitative estimate of drug-likeness (QED) is 0.339. The van der Waals surface area contributed by atoms with E-state index in [9.17, 15) is 10.1 Å². The van der Waals surface area contributed by atoms with Gasteiger partial charge in [0.15, 0.2) is 0 Å². The lowest BCUT2D eigenvalue weighted by atomic mass is 10.1. The van der Waals surface area contributed by atoms with Crippen LogP contribution in [0.2, 0.25) is 10.0 Å². The van der Waals surface area contributed by atoms with E-state index < -0.39 is 5.91 Å². The minimum Gasteiger partial charge on any atom is -0.274 e. The Morgan fingerprint density at radius 2 is 1.57 bits per heavy atom. The largest absolute Gasteiger partial charge is 0.274 e. The van der Waals surface area contributed by atoms with Crippen molar-refractivity contribution in [3.63, 3.8) is 0 Å². The molecule has 1 aliphatic heterocycles. The number of nitriles is 1. The molecular weight excluding hydrogens is 411 g/mol. The molecule has 6 heteroatoms. The van der Waals surface area contributed by atoms with Gasteiger partial charge in [-0.3, -0.25) is 9.69 Å². The van der Waals surface area contributed by atoms with E-state index in [1.807, 2.05) is 54.6 Å². The van der Waals surface area contributed by atoms with Crippen LogP contribution < -0.4 is 4.90 Å².